The molecule has 21 heavy (non-hydrogen) atoms. The van der Waals surface area contributed by atoms with Gasteiger partial charge in [0.2, 0.25) is 0 Å². The normalized spacial score (nSPS) is 12.1. The molecule has 0 heterocycles. The first kappa shape index (κ1) is 17.9. The molecule has 0 spiro atoms. The Bertz CT molecular complexity index is 428. The molecule has 1 aromatic carbocycles. The van der Waals surface area contributed by atoms with E-state index in [1.807, 2.05) is 0 Å². The summed E-state index contributed by atoms with van der Waals surface area (Å²) in [6.07, 6.45) is -3.72. The van der Waals surface area contributed by atoms with Crippen molar-refractivity contribution >= 4 is 0 Å². The summed E-state index contributed by atoms with van der Waals surface area (Å²) >= 11 is 0. The van der Waals surface area contributed by atoms with Crippen LogP contribution in [0.25, 0.3) is 0 Å². The van der Waals surface area contributed by atoms with E-state index in [1.54, 1.807) is 0 Å². The molecule has 1 N–H and O–H groups in total. The first-order valence-electron chi connectivity index (χ1n) is 7.17. The van der Waals surface area contributed by atoms with Gasteiger partial charge in [-0.05, 0) is 50.3 Å². The standard InChI is InChI=1S/C15H22F4N2/c1-3-21(4-2)9-5-8-20-11-12-6-7-14(16)13(10-12)15(17,18)19/h6-7,10,20H,3-5,8-9,11H2,1-2H3. The molecule has 6 heteroatoms. The highest BCUT2D eigenvalue weighted by atomic mass is 19.4. The molecule has 0 bridgehead atoms. The number of rotatable bonds is 8. The first-order chi connectivity index (χ1) is 9.88. The van der Waals surface area contributed by atoms with Crippen molar-refractivity contribution in [2.45, 2.75) is 33.0 Å². The lowest BCUT2D eigenvalue weighted by Gasteiger charge is -2.17. The summed E-state index contributed by atoms with van der Waals surface area (Å²) in [5.41, 5.74) is -0.767. The van der Waals surface area contributed by atoms with Crippen molar-refractivity contribution in [2.24, 2.45) is 0 Å². The van der Waals surface area contributed by atoms with Crippen molar-refractivity contribution in [3.8, 4) is 0 Å². The number of nitrogens with one attached hydrogen (secondary N) is 1. The molecular weight excluding hydrogens is 284 g/mol. The molecule has 0 amide bonds. The zero-order valence-corrected chi connectivity index (χ0v) is 12.4. The number of nitrogens with zero attached hydrogens (tertiary/aromatic N) is 1. The average Bonchev–Trinajstić information content (AvgIpc) is 2.43. The van der Waals surface area contributed by atoms with Gasteiger partial charge in [0.25, 0.3) is 0 Å². The quantitative estimate of drug-likeness (QED) is 0.582. The zero-order chi connectivity index (χ0) is 15.9. The molecule has 0 saturated carbocycles. The van der Waals surface area contributed by atoms with Crippen LogP contribution < -0.4 is 5.32 Å². The predicted molar refractivity (Wildman–Crippen MR) is 75.5 cm³/mol. The summed E-state index contributed by atoms with van der Waals surface area (Å²) in [5.74, 6) is -1.23. The summed E-state index contributed by atoms with van der Waals surface area (Å²) in [6, 6.07) is 3.12. The van der Waals surface area contributed by atoms with Gasteiger partial charge >= 0.3 is 6.18 Å². The number of hydrogen-bond acceptors (Lipinski definition) is 2. The van der Waals surface area contributed by atoms with Gasteiger partial charge in [0.1, 0.15) is 5.82 Å². The van der Waals surface area contributed by atoms with Crippen molar-refractivity contribution in [1.29, 1.82) is 0 Å². The largest absolute Gasteiger partial charge is 0.419 e. The van der Waals surface area contributed by atoms with E-state index in [2.05, 4.69) is 24.1 Å². The lowest BCUT2D eigenvalue weighted by molar-refractivity contribution is -0.140. The van der Waals surface area contributed by atoms with Crippen molar-refractivity contribution in [1.82, 2.24) is 10.2 Å². The van der Waals surface area contributed by atoms with Crippen molar-refractivity contribution in [2.75, 3.05) is 26.2 Å². The summed E-state index contributed by atoms with van der Waals surface area (Å²) in [4.78, 5) is 2.28. The molecule has 0 aromatic heterocycles. The Labute approximate surface area is 123 Å². The van der Waals surface area contributed by atoms with Gasteiger partial charge in [-0.3, -0.25) is 0 Å². The predicted octanol–water partition coefficient (Wildman–Crippen LogP) is 3.67. The highest BCUT2D eigenvalue weighted by Crippen LogP contribution is 2.31. The van der Waals surface area contributed by atoms with Crippen LogP contribution in [0, 0.1) is 5.82 Å². The summed E-state index contributed by atoms with van der Waals surface area (Å²) < 4.78 is 50.8. The zero-order valence-electron chi connectivity index (χ0n) is 12.4. The average molecular weight is 306 g/mol. The molecule has 0 aliphatic heterocycles. The van der Waals surface area contributed by atoms with Gasteiger partial charge < -0.3 is 10.2 Å². The fourth-order valence-electron chi connectivity index (χ4n) is 2.10. The Morgan fingerprint density at radius 2 is 1.81 bits per heavy atom. The molecule has 120 valence electrons. The molecule has 0 aliphatic carbocycles. The highest BCUT2D eigenvalue weighted by molar-refractivity contribution is 5.27. The molecule has 2 nitrogen and oxygen atoms in total. The van der Waals surface area contributed by atoms with Gasteiger partial charge in [-0.25, -0.2) is 4.39 Å². The van der Waals surface area contributed by atoms with E-state index in [4.69, 9.17) is 0 Å². The summed E-state index contributed by atoms with van der Waals surface area (Å²) in [5, 5.41) is 3.09. The van der Waals surface area contributed by atoms with Crippen LogP contribution >= 0.6 is 0 Å². The van der Waals surface area contributed by atoms with E-state index in [0.717, 1.165) is 44.7 Å². The maximum Gasteiger partial charge on any atom is 0.419 e. The molecule has 0 unspecified atom stereocenters. The van der Waals surface area contributed by atoms with Crippen LogP contribution in [0.4, 0.5) is 17.6 Å². The highest BCUT2D eigenvalue weighted by Gasteiger charge is 2.34. The maximum absolute atomic E-state index is 13.1. The Hall–Kier alpha value is -1.14. The fraction of sp³-hybridized carbons (Fsp3) is 0.600. The van der Waals surface area contributed by atoms with E-state index in [0.29, 0.717) is 12.1 Å². The Kier molecular flexibility index (Phi) is 7.11. The van der Waals surface area contributed by atoms with Gasteiger partial charge in [-0.1, -0.05) is 19.9 Å². The molecule has 0 atom stereocenters. The van der Waals surface area contributed by atoms with Crippen LogP contribution in [-0.2, 0) is 12.7 Å². The molecule has 0 aliphatic rings. The van der Waals surface area contributed by atoms with Crippen LogP contribution in [0.5, 0.6) is 0 Å². The second-order valence-electron chi connectivity index (χ2n) is 4.87. The number of alkyl halides is 3. The topological polar surface area (TPSA) is 15.3 Å². The molecular formula is C15H22F4N2. The van der Waals surface area contributed by atoms with E-state index in [9.17, 15) is 17.6 Å². The van der Waals surface area contributed by atoms with Crippen LogP contribution in [0.1, 0.15) is 31.4 Å². The molecule has 0 radical (unpaired) electrons. The van der Waals surface area contributed by atoms with Gasteiger partial charge in [-0.2, -0.15) is 13.2 Å². The lowest BCUT2D eigenvalue weighted by Crippen LogP contribution is -2.27. The number of benzene rings is 1. The maximum atomic E-state index is 13.1. The van der Waals surface area contributed by atoms with E-state index >= 15 is 0 Å². The van der Waals surface area contributed by atoms with Crippen LogP contribution in [0.15, 0.2) is 18.2 Å². The van der Waals surface area contributed by atoms with Crippen LogP contribution in [0.3, 0.4) is 0 Å². The molecule has 1 rings (SSSR count). The Morgan fingerprint density at radius 1 is 1.14 bits per heavy atom. The molecule has 1 aromatic rings. The van der Waals surface area contributed by atoms with Gasteiger partial charge in [0.05, 0.1) is 5.56 Å². The second kappa shape index (κ2) is 8.34. The second-order valence-corrected chi connectivity index (χ2v) is 4.87. The van der Waals surface area contributed by atoms with Gasteiger partial charge in [-0.15, -0.1) is 0 Å². The summed E-state index contributed by atoms with van der Waals surface area (Å²) in [7, 11) is 0. The van der Waals surface area contributed by atoms with Crippen molar-refractivity contribution in [3.05, 3.63) is 35.1 Å². The first-order valence-corrected chi connectivity index (χ1v) is 7.17. The Balaban J connectivity index is 2.43. The van der Waals surface area contributed by atoms with Gasteiger partial charge in [0, 0.05) is 6.54 Å². The third kappa shape index (κ3) is 6.01. The molecule has 0 fully saturated rings. The monoisotopic (exact) mass is 306 g/mol. The van der Waals surface area contributed by atoms with Crippen molar-refractivity contribution < 1.29 is 17.6 Å². The number of halogens is 4. The third-order valence-electron chi connectivity index (χ3n) is 3.39. The molecule has 0 saturated heterocycles. The van der Waals surface area contributed by atoms with Gasteiger partial charge in [0.15, 0.2) is 0 Å². The Morgan fingerprint density at radius 3 is 2.38 bits per heavy atom. The number of hydrogen-bond donors (Lipinski definition) is 1. The van der Waals surface area contributed by atoms with Crippen molar-refractivity contribution in [3.63, 3.8) is 0 Å². The fourth-order valence-corrected chi connectivity index (χ4v) is 2.10. The minimum absolute atomic E-state index is 0.307. The summed E-state index contributed by atoms with van der Waals surface area (Å²) in [6.45, 7) is 8.14. The lowest BCUT2D eigenvalue weighted by atomic mass is 10.1. The third-order valence-corrected chi connectivity index (χ3v) is 3.39. The van der Waals surface area contributed by atoms with E-state index in [-0.39, 0.29) is 0 Å². The van der Waals surface area contributed by atoms with E-state index < -0.39 is 17.6 Å². The minimum atomic E-state index is -4.65. The van der Waals surface area contributed by atoms with E-state index in [1.165, 1.54) is 6.07 Å². The SMILES string of the molecule is CCN(CC)CCCNCc1ccc(F)c(C(F)(F)F)c1. The minimum Gasteiger partial charge on any atom is -0.313 e. The smallest absolute Gasteiger partial charge is 0.313 e. The van der Waals surface area contributed by atoms with Crippen LogP contribution in [-0.4, -0.2) is 31.1 Å². The van der Waals surface area contributed by atoms with Crippen LogP contribution in [0.2, 0.25) is 0 Å².